The zero-order valence-corrected chi connectivity index (χ0v) is 13.4. The number of carbonyl (C=O) groups is 1. The molecule has 1 amide bonds. The number of halogens is 3. The Morgan fingerprint density at radius 1 is 1.41 bits per heavy atom. The summed E-state index contributed by atoms with van der Waals surface area (Å²) in [5, 5.41) is 11.7. The van der Waals surface area contributed by atoms with Gasteiger partial charge in [0.25, 0.3) is 0 Å². The average molecular weight is 331 g/mol. The third kappa shape index (κ3) is 5.22. The molecule has 0 aliphatic carbocycles. The molecule has 0 aliphatic heterocycles. The molecular formula is C14H16F3N3OS. The molecule has 0 spiro atoms. The second-order valence-electron chi connectivity index (χ2n) is 5.70. The number of aromatic nitrogens is 1. The first kappa shape index (κ1) is 18.3. The summed E-state index contributed by atoms with van der Waals surface area (Å²) in [6.45, 7) is 6.80. The molecule has 22 heavy (non-hydrogen) atoms. The molecule has 0 saturated heterocycles. The molecule has 0 saturated carbocycles. The lowest BCUT2D eigenvalue weighted by atomic mass is 10.1. The second kappa shape index (κ2) is 6.57. The van der Waals surface area contributed by atoms with Crippen molar-refractivity contribution in [3.05, 3.63) is 22.9 Å². The maximum atomic E-state index is 12.8. The minimum Gasteiger partial charge on any atom is -0.351 e. The summed E-state index contributed by atoms with van der Waals surface area (Å²) < 4.78 is 38.3. The van der Waals surface area contributed by atoms with Crippen molar-refractivity contribution < 1.29 is 18.0 Å². The Morgan fingerprint density at radius 2 is 2.00 bits per heavy atom. The topological polar surface area (TPSA) is 65.8 Å². The molecule has 0 aromatic carbocycles. The molecule has 0 aliphatic rings. The molecule has 4 nitrogen and oxygen atoms in total. The fourth-order valence-electron chi connectivity index (χ4n) is 1.62. The highest BCUT2D eigenvalue weighted by atomic mass is 32.2. The van der Waals surface area contributed by atoms with E-state index in [4.69, 9.17) is 5.26 Å². The van der Waals surface area contributed by atoms with Gasteiger partial charge in [0, 0.05) is 5.54 Å². The molecule has 0 atom stereocenters. The smallest absolute Gasteiger partial charge is 0.351 e. The number of thioether (sulfide) groups is 1. The van der Waals surface area contributed by atoms with Crippen LogP contribution in [0.2, 0.25) is 0 Å². The SMILES string of the molecule is Cc1cc(C(F)(F)F)nc(SCC(=O)NC(C)(C)C)c1C#N. The Morgan fingerprint density at radius 3 is 2.45 bits per heavy atom. The predicted octanol–water partition coefficient (Wildman–Crippen LogP) is 3.29. The van der Waals surface area contributed by atoms with Crippen molar-refractivity contribution >= 4 is 17.7 Å². The van der Waals surface area contributed by atoms with Crippen molar-refractivity contribution in [3.8, 4) is 6.07 Å². The minimum absolute atomic E-state index is 0.0570. The monoisotopic (exact) mass is 331 g/mol. The zero-order valence-electron chi connectivity index (χ0n) is 12.6. The fourth-order valence-corrected chi connectivity index (χ4v) is 2.47. The van der Waals surface area contributed by atoms with Gasteiger partial charge in [-0.05, 0) is 39.3 Å². The number of aryl methyl sites for hydroxylation is 1. The van der Waals surface area contributed by atoms with E-state index in [1.54, 1.807) is 20.8 Å². The Kier molecular flexibility index (Phi) is 5.46. The van der Waals surface area contributed by atoms with E-state index in [0.717, 1.165) is 17.8 Å². The summed E-state index contributed by atoms with van der Waals surface area (Å²) in [4.78, 5) is 15.2. The quantitative estimate of drug-likeness (QED) is 0.863. The zero-order chi connectivity index (χ0) is 17.1. The number of pyridine rings is 1. The summed E-state index contributed by atoms with van der Waals surface area (Å²) in [6.07, 6.45) is -4.60. The van der Waals surface area contributed by atoms with Crippen LogP contribution in [0.5, 0.6) is 0 Å². The number of amides is 1. The highest BCUT2D eigenvalue weighted by Gasteiger charge is 2.34. The van der Waals surface area contributed by atoms with Crippen LogP contribution in [0, 0.1) is 18.3 Å². The molecule has 8 heteroatoms. The third-order valence-corrected chi connectivity index (χ3v) is 3.42. The van der Waals surface area contributed by atoms with E-state index in [0.29, 0.717) is 0 Å². The van der Waals surface area contributed by atoms with Crippen LogP contribution in [0.25, 0.3) is 0 Å². The van der Waals surface area contributed by atoms with E-state index in [1.807, 2.05) is 6.07 Å². The Labute approximate surface area is 131 Å². The van der Waals surface area contributed by atoms with Crippen LogP contribution in [0.3, 0.4) is 0 Å². The summed E-state index contributed by atoms with van der Waals surface area (Å²) >= 11 is 0.819. The van der Waals surface area contributed by atoms with Gasteiger partial charge in [0.1, 0.15) is 16.8 Å². The van der Waals surface area contributed by atoms with Crippen LogP contribution >= 0.6 is 11.8 Å². The number of hydrogen-bond acceptors (Lipinski definition) is 4. The summed E-state index contributed by atoms with van der Waals surface area (Å²) in [5.41, 5.74) is -1.26. The number of carbonyl (C=O) groups excluding carboxylic acids is 1. The standard InChI is InChI=1S/C14H16F3N3OS/c1-8-5-10(14(15,16)17)19-12(9(8)6-18)22-7-11(21)20-13(2,3)4/h5H,7H2,1-4H3,(H,20,21). The predicted molar refractivity (Wildman–Crippen MR) is 77.3 cm³/mol. The Bertz CT molecular complexity index is 615. The van der Waals surface area contributed by atoms with Gasteiger partial charge in [-0.25, -0.2) is 4.98 Å². The molecule has 120 valence electrons. The first-order valence-electron chi connectivity index (χ1n) is 6.37. The average Bonchev–Trinajstić information content (AvgIpc) is 2.32. The van der Waals surface area contributed by atoms with Crippen molar-refractivity contribution in [1.82, 2.24) is 10.3 Å². The molecule has 0 radical (unpaired) electrons. The van der Waals surface area contributed by atoms with Gasteiger partial charge in [0.15, 0.2) is 0 Å². The normalized spacial score (nSPS) is 11.9. The molecule has 0 bridgehead atoms. The molecule has 0 unspecified atom stereocenters. The number of nitrogens with zero attached hydrogens (tertiary/aromatic N) is 2. The van der Waals surface area contributed by atoms with Crippen molar-refractivity contribution in [3.63, 3.8) is 0 Å². The second-order valence-corrected chi connectivity index (χ2v) is 6.67. The number of hydrogen-bond donors (Lipinski definition) is 1. The summed E-state index contributed by atoms with van der Waals surface area (Å²) in [7, 11) is 0. The van der Waals surface area contributed by atoms with Crippen molar-refractivity contribution in [1.29, 1.82) is 5.26 Å². The molecule has 1 aromatic heterocycles. The van der Waals surface area contributed by atoms with Crippen LogP contribution in [-0.4, -0.2) is 22.2 Å². The number of alkyl halides is 3. The van der Waals surface area contributed by atoms with E-state index in [-0.39, 0.29) is 27.8 Å². The Balaban J connectivity index is 3.01. The van der Waals surface area contributed by atoms with Gasteiger partial charge in [-0.15, -0.1) is 0 Å². The first-order chi connectivity index (χ1) is 9.94. The Hall–Kier alpha value is -1.75. The molecule has 0 fully saturated rings. The molecule has 1 N–H and O–H groups in total. The van der Waals surface area contributed by atoms with Crippen LogP contribution in [-0.2, 0) is 11.0 Å². The molecular weight excluding hydrogens is 315 g/mol. The number of nitrogens with one attached hydrogen (secondary N) is 1. The van der Waals surface area contributed by atoms with E-state index >= 15 is 0 Å². The van der Waals surface area contributed by atoms with Gasteiger partial charge in [0.05, 0.1) is 11.3 Å². The van der Waals surface area contributed by atoms with Gasteiger partial charge < -0.3 is 5.32 Å². The van der Waals surface area contributed by atoms with Crippen molar-refractivity contribution in [2.75, 3.05) is 5.75 Å². The third-order valence-electron chi connectivity index (χ3n) is 2.44. The maximum Gasteiger partial charge on any atom is 0.433 e. The van der Waals surface area contributed by atoms with Gasteiger partial charge >= 0.3 is 6.18 Å². The van der Waals surface area contributed by atoms with Crippen LogP contribution in [0.4, 0.5) is 13.2 Å². The number of rotatable bonds is 3. The lowest BCUT2D eigenvalue weighted by Gasteiger charge is -2.20. The molecule has 1 heterocycles. The van der Waals surface area contributed by atoms with Crippen molar-refractivity contribution in [2.24, 2.45) is 0 Å². The van der Waals surface area contributed by atoms with E-state index < -0.39 is 17.4 Å². The van der Waals surface area contributed by atoms with E-state index in [2.05, 4.69) is 10.3 Å². The highest BCUT2D eigenvalue weighted by Crippen LogP contribution is 2.32. The van der Waals surface area contributed by atoms with Crippen molar-refractivity contribution in [2.45, 2.75) is 44.4 Å². The fraction of sp³-hybridized carbons (Fsp3) is 0.500. The van der Waals surface area contributed by atoms with E-state index in [9.17, 15) is 18.0 Å². The van der Waals surface area contributed by atoms with Crippen LogP contribution < -0.4 is 5.32 Å². The summed E-state index contributed by atoms with van der Waals surface area (Å²) in [5.74, 6) is -0.446. The van der Waals surface area contributed by atoms with E-state index in [1.165, 1.54) is 6.92 Å². The molecule has 1 rings (SSSR count). The number of nitriles is 1. The van der Waals surface area contributed by atoms with Crippen LogP contribution in [0.1, 0.15) is 37.6 Å². The maximum absolute atomic E-state index is 12.8. The molecule has 1 aromatic rings. The van der Waals surface area contributed by atoms with Gasteiger partial charge in [-0.3, -0.25) is 4.79 Å². The highest BCUT2D eigenvalue weighted by molar-refractivity contribution is 8.00. The largest absolute Gasteiger partial charge is 0.433 e. The van der Waals surface area contributed by atoms with Gasteiger partial charge in [-0.1, -0.05) is 11.8 Å². The lowest BCUT2D eigenvalue weighted by Crippen LogP contribution is -2.41. The first-order valence-corrected chi connectivity index (χ1v) is 7.35. The van der Waals surface area contributed by atoms with Gasteiger partial charge in [0.2, 0.25) is 5.91 Å². The summed E-state index contributed by atoms with van der Waals surface area (Å²) in [6, 6.07) is 2.66. The minimum atomic E-state index is -4.60. The lowest BCUT2D eigenvalue weighted by molar-refractivity contribution is -0.141. The van der Waals surface area contributed by atoms with Crippen LogP contribution in [0.15, 0.2) is 11.1 Å². The van der Waals surface area contributed by atoms with Gasteiger partial charge in [-0.2, -0.15) is 18.4 Å².